The van der Waals surface area contributed by atoms with Crippen molar-refractivity contribution in [3.05, 3.63) is 40.2 Å². The third-order valence-corrected chi connectivity index (χ3v) is 3.78. The topological polar surface area (TPSA) is 53.3 Å². The average molecular weight is 309 g/mol. The Bertz CT molecular complexity index is 680. The van der Waals surface area contributed by atoms with Gasteiger partial charge in [0.25, 0.3) is 0 Å². The van der Waals surface area contributed by atoms with Crippen molar-refractivity contribution < 1.29 is 14.3 Å². The van der Waals surface area contributed by atoms with Crippen LogP contribution < -0.4 is 9.47 Å². The highest BCUT2D eigenvalue weighted by atomic mass is 35.5. The first-order chi connectivity index (χ1) is 9.99. The van der Waals surface area contributed by atoms with Crippen LogP contribution in [0, 0.1) is 6.92 Å². The fraction of sp³-hybridized carbons (Fsp3) is 0.333. The number of carbonyl (C=O) groups excluding carboxylic acids is 1. The minimum absolute atomic E-state index is 0.0937. The first-order valence-corrected chi connectivity index (χ1v) is 6.79. The number of Topliss-reactive ketones (excluding diaryl/α,β-unsaturated/α-hetero) is 1. The number of carbonyl (C=O) groups is 1. The number of hydrogen-bond donors (Lipinski definition) is 0. The summed E-state index contributed by atoms with van der Waals surface area (Å²) in [5.74, 6) is 0.865. The summed E-state index contributed by atoms with van der Waals surface area (Å²) in [5.41, 5.74) is 1.95. The standard InChI is InChI=1S/C15H17ClN2O3/c1-9-11(15(16)18(2)17-9)8-12(19)10-6-5-7-13(20-3)14(10)21-4/h5-7H,8H2,1-4H3. The molecule has 0 N–H and O–H groups in total. The van der Waals surface area contributed by atoms with E-state index in [4.69, 9.17) is 21.1 Å². The summed E-state index contributed by atoms with van der Waals surface area (Å²) < 4.78 is 12.1. The van der Waals surface area contributed by atoms with Gasteiger partial charge >= 0.3 is 0 Å². The van der Waals surface area contributed by atoms with Gasteiger partial charge in [-0.2, -0.15) is 5.10 Å². The molecular formula is C15H17ClN2O3. The molecule has 0 saturated carbocycles. The molecule has 2 aromatic rings. The van der Waals surface area contributed by atoms with Gasteiger partial charge in [0, 0.05) is 19.0 Å². The number of benzene rings is 1. The summed E-state index contributed by atoms with van der Waals surface area (Å²) in [6.45, 7) is 1.83. The van der Waals surface area contributed by atoms with Crippen LogP contribution in [0.25, 0.3) is 0 Å². The summed E-state index contributed by atoms with van der Waals surface area (Å²) in [4.78, 5) is 12.5. The Morgan fingerprint density at radius 3 is 2.57 bits per heavy atom. The lowest BCUT2D eigenvalue weighted by molar-refractivity contribution is 0.0989. The lowest BCUT2D eigenvalue weighted by atomic mass is 10.0. The second-order valence-corrected chi connectivity index (χ2v) is 4.98. The molecule has 21 heavy (non-hydrogen) atoms. The van der Waals surface area contributed by atoms with Gasteiger partial charge < -0.3 is 9.47 Å². The van der Waals surface area contributed by atoms with E-state index in [0.29, 0.717) is 22.2 Å². The largest absolute Gasteiger partial charge is 0.493 e. The summed E-state index contributed by atoms with van der Waals surface area (Å²) >= 11 is 6.17. The van der Waals surface area contributed by atoms with Crippen molar-refractivity contribution in [2.24, 2.45) is 7.05 Å². The van der Waals surface area contributed by atoms with Crippen molar-refractivity contribution in [1.29, 1.82) is 0 Å². The molecule has 0 aliphatic carbocycles. The van der Waals surface area contributed by atoms with E-state index in [1.807, 2.05) is 6.92 Å². The van der Waals surface area contributed by atoms with Crippen molar-refractivity contribution in [3.63, 3.8) is 0 Å². The number of aromatic nitrogens is 2. The van der Waals surface area contributed by atoms with Crippen molar-refractivity contribution in [3.8, 4) is 11.5 Å². The van der Waals surface area contributed by atoms with Crippen LogP contribution >= 0.6 is 11.6 Å². The maximum atomic E-state index is 12.5. The number of ketones is 1. The molecule has 1 heterocycles. The van der Waals surface area contributed by atoms with Crippen LogP contribution in [0.15, 0.2) is 18.2 Å². The summed E-state index contributed by atoms with van der Waals surface area (Å²) in [6, 6.07) is 5.22. The Morgan fingerprint density at radius 2 is 2.05 bits per heavy atom. The maximum Gasteiger partial charge on any atom is 0.171 e. The van der Waals surface area contributed by atoms with Crippen LogP contribution in [0.4, 0.5) is 0 Å². The van der Waals surface area contributed by atoms with Crippen LogP contribution in [0.5, 0.6) is 11.5 Å². The highest BCUT2D eigenvalue weighted by Crippen LogP contribution is 2.32. The Morgan fingerprint density at radius 1 is 1.33 bits per heavy atom. The van der Waals surface area contributed by atoms with Crippen molar-refractivity contribution >= 4 is 17.4 Å². The van der Waals surface area contributed by atoms with Crippen molar-refractivity contribution in [1.82, 2.24) is 9.78 Å². The number of hydrogen-bond acceptors (Lipinski definition) is 4. The molecule has 0 spiro atoms. The highest BCUT2D eigenvalue weighted by Gasteiger charge is 2.20. The van der Waals surface area contributed by atoms with E-state index in [2.05, 4.69) is 5.10 Å². The fourth-order valence-electron chi connectivity index (χ4n) is 2.24. The van der Waals surface area contributed by atoms with Gasteiger partial charge in [0.2, 0.25) is 0 Å². The highest BCUT2D eigenvalue weighted by molar-refractivity contribution is 6.30. The van der Waals surface area contributed by atoms with Gasteiger partial charge in [0.05, 0.1) is 25.5 Å². The minimum Gasteiger partial charge on any atom is -0.493 e. The van der Waals surface area contributed by atoms with E-state index in [1.54, 1.807) is 29.9 Å². The minimum atomic E-state index is -0.0937. The van der Waals surface area contributed by atoms with E-state index in [1.165, 1.54) is 14.2 Å². The Hall–Kier alpha value is -2.01. The smallest absolute Gasteiger partial charge is 0.171 e. The zero-order valence-electron chi connectivity index (χ0n) is 12.4. The number of rotatable bonds is 5. The van der Waals surface area contributed by atoms with E-state index in [0.717, 1.165) is 11.3 Å². The van der Waals surface area contributed by atoms with Crippen LogP contribution in [0.2, 0.25) is 5.15 Å². The Labute approximate surface area is 128 Å². The molecule has 6 heteroatoms. The Balaban J connectivity index is 2.37. The second kappa shape index (κ2) is 6.18. The molecule has 1 aromatic carbocycles. The summed E-state index contributed by atoms with van der Waals surface area (Å²) in [7, 11) is 4.79. The molecule has 0 amide bonds. The Kier molecular flexibility index (Phi) is 4.53. The molecule has 2 rings (SSSR count). The normalized spacial score (nSPS) is 10.5. The molecule has 0 aliphatic heterocycles. The van der Waals surface area contributed by atoms with Crippen molar-refractivity contribution in [2.75, 3.05) is 14.2 Å². The lowest BCUT2D eigenvalue weighted by Crippen LogP contribution is -2.07. The zero-order chi connectivity index (χ0) is 15.6. The first kappa shape index (κ1) is 15.4. The van der Waals surface area contributed by atoms with Gasteiger partial charge in [-0.15, -0.1) is 0 Å². The van der Waals surface area contributed by atoms with Crippen LogP contribution in [-0.4, -0.2) is 29.8 Å². The molecular weight excluding hydrogens is 292 g/mol. The molecule has 0 aliphatic rings. The molecule has 0 saturated heterocycles. The average Bonchev–Trinajstić information content (AvgIpc) is 2.72. The SMILES string of the molecule is COc1cccc(C(=O)Cc2c(C)nn(C)c2Cl)c1OC. The van der Waals surface area contributed by atoms with E-state index in [9.17, 15) is 4.79 Å². The maximum absolute atomic E-state index is 12.5. The summed E-state index contributed by atoms with van der Waals surface area (Å²) in [5, 5.41) is 4.68. The van der Waals surface area contributed by atoms with E-state index in [-0.39, 0.29) is 12.2 Å². The third-order valence-electron chi connectivity index (χ3n) is 3.31. The zero-order valence-corrected chi connectivity index (χ0v) is 13.2. The summed E-state index contributed by atoms with van der Waals surface area (Å²) in [6.07, 6.45) is 0.169. The molecule has 0 bridgehead atoms. The van der Waals surface area contributed by atoms with Crippen LogP contribution in [0.3, 0.4) is 0 Å². The predicted molar refractivity (Wildman–Crippen MR) is 80.5 cm³/mol. The molecule has 0 radical (unpaired) electrons. The van der Waals surface area contributed by atoms with Gasteiger partial charge in [-0.25, -0.2) is 0 Å². The molecule has 0 unspecified atom stereocenters. The number of para-hydroxylation sites is 1. The van der Waals surface area contributed by atoms with Gasteiger partial charge in [0.1, 0.15) is 5.15 Å². The predicted octanol–water partition coefficient (Wildman–Crippen LogP) is 2.82. The molecule has 5 nitrogen and oxygen atoms in total. The lowest BCUT2D eigenvalue weighted by Gasteiger charge is -2.11. The van der Waals surface area contributed by atoms with Crippen molar-refractivity contribution in [2.45, 2.75) is 13.3 Å². The van der Waals surface area contributed by atoms with Gasteiger partial charge in [-0.3, -0.25) is 9.48 Å². The quantitative estimate of drug-likeness (QED) is 0.797. The molecule has 0 atom stereocenters. The molecule has 0 fully saturated rings. The van der Waals surface area contributed by atoms with Gasteiger partial charge in [0.15, 0.2) is 17.3 Å². The molecule has 1 aromatic heterocycles. The van der Waals surface area contributed by atoms with Crippen LogP contribution in [0.1, 0.15) is 21.6 Å². The second-order valence-electron chi connectivity index (χ2n) is 4.62. The number of methoxy groups -OCH3 is 2. The van der Waals surface area contributed by atoms with Gasteiger partial charge in [-0.05, 0) is 19.1 Å². The third kappa shape index (κ3) is 2.88. The van der Waals surface area contributed by atoms with E-state index >= 15 is 0 Å². The van der Waals surface area contributed by atoms with Crippen LogP contribution in [-0.2, 0) is 13.5 Å². The number of aryl methyl sites for hydroxylation is 2. The number of nitrogens with zero attached hydrogens (tertiary/aromatic N) is 2. The first-order valence-electron chi connectivity index (χ1n) is 6.41. The van der Waals surface area contributed by atoms with E-state index < -0.39 is 0 Å². The van der Waals surface area contributed by atoms with Gasteiger partial charge in [-0.1, -0.05) is 17.7 Å². The fourth-order valence-corrected chi connectivity index (χ4v) is 2.48. The molecule has 112 valence electrons. The number of ether oxygens (including phenoxy) is 2. The monoisotopic (exact) mass is 308 g/mol. The number of halogens is 1.